The number of aryl methyl sites for hydroxylation is 1. The van der Waals surface area contributed by atoms with Gasteiger partial charge in [0.25, 0.3) is 0 Å². The number of hydrogen-bond donors (Lipinski definition) is 3. The number of aliphatic hydroxyl groups is 1. The molecule has 1 heterocycles. The minimum atomic E-state index is -0.680. The summed E-state index contributed by atoms with van der Waals surface area (Å²) in [4.78, 5) is 11.6. The standard InChI is InChI=1S/C16H20N2O3S/c1-12-3-2-4-14(9-12)21-7-6-17-16(20)18-10-15(19)13-5-8-22-11-13/h2-5,8-9,11,15,19H,6-7,10H2,1H3,(H2,17,18,20). The summed E-state index contributed by atoms with van der Waals surface area (Å²) in [5.41, 5.74) is 1.94. The molecule has 22 heavy (non-hydrogen) atoms. The highest BCUT2D eigenvalue weighted by Crippen LogP contribution is 2.15. The number of carbonyl (C=O) groups is 1. The van der Waals surface area contributed by atoms with Crippen LogP contribution in [-0.2, 0) is 0 Å². The molecule has 5 nitrogen and oxygen atoms in total. The van der Waals surface area contributed by atoms with E-state index in [0.29, 0.717) is 13.2 Å². The normalized spacial score (nSPS) is 11.7. The molecular weight excluding hydrogens is 300 g/mol. The van der Waals surface area contributed by atoms with E-state index < -0.39 is 6.10 Å². The molecule has 0 saturated carbocycles. The van der Waals surface area contributed by atoms with Crippen molar-refractivity contribution in [1.29, 1.82) is 0 Å². The molecule has 1 aromatic carbocycles. The molecule has 2 aromatic rings. The average molecular weight is 320 g/mol. The maximum absolute atomic E-state index is 11.6. The smallest absolute Gasteiger partial charge is 0.315 e. The Morgan fingerprint density at radius 2 is 2.23 bits per heavy atom. The van der Waals surface area contributed by atoms with Gasteiger partial charge in [-0.15, -0.1) is 0 Å². The fourth-order valence-electron chi connectivity index (χ4n) is 1.87. The van der Waals surface area contributed by atoms with Crippen LogP contribution >= 0.6 is 11.3 Å². The number of rotatable bonds is 7. The predicted octanol–water partition coefficient (Wildman–Crippen LogP) is 2.47. The fraction of sp³-hybridized carbons (Fsp3) is 0.312. The first-order valence-corrected chi connectivity index (χ1v) is 8.01. The third kappa shape index (κ3) is 5.38. The molecule has 0 fully saturated rings. The second-order valence-electron chi connectivity index (χ2n) is 4.87. The van der Waals surface area contributed by atoms with Crippen molar-refractivity contribution >= 4 is 17.4 Å². The molecule has 2 rings (SSSR count). The number of aliphatic hydroxyl groups excluding tert-OH is 1. The van der Waals surface area contributed by atoms with Crippen LogP contribution in [0.1, 0.15) is 17.2 Å². The lowest BCUT2D eigenvalue weighted by atomic mass is 10.2. The van der Waals surface area contributed by atoms with Crippen molar-refractivity contribution in [2.24, 2.45) is 0 Å². The molecular formula is C16H20N2O3S. The number of ether oxygens (including phenoxy) is 1. The van der Waals surface area contributed by atoms with Crippen molar-refractivity contribution in [3.8, 4) is 5.75 Å². The average Bonchev–Trinajstić information content (AvgIpc) is 3.04. The molecule has 1 aromatic heterocycles. The Labute approximate surface area is 133 Å². The van der Waals surface area contributed by atoms with Crippen LogP contribution in [0.4, 0.5) is 4.79 Å². The number of benzene rings is 1. The first-order chi connectivity index (χ1) is 10.6. The van der Waals surface area contributed by atoms with Gasteiger partial charge in [-0.3, -0.25) is 0 Å². The van der Waals surface area contributed by atoms with Crippen molar-refractivity contribution in [1.82, 2.24) is 10.6 Å². The van der Waals surface area contributed by atoms with E-state index in [1.165, 1.54) is 11.3 Å². The SMILES string of the molecule is Cc1cccc(OCCNC(=O)NCC(O)c2ccsc2)c1. The van der Waals surface area contributed by atoms with Gasteiger partial charge in [-0.05, 0) is 47.0 Å². The van der Waals surface area contributed by atoms with E-state index in [0.717, 1.165) is 16.9 Å². The third-order valence-electron chi connectivity index (χ3n) is 3.03. The molecule has 1 atom stereocenters. The molecule has 3 N–H and O–H groups in total. The number of thiophene rings is 1. The summed E-state index contributed by atoms with van der Waals surface area (Å²) in [6.07, 6.45) is -0.680. The lowest BCUT2D eigenvalue weighted by Crippen LogP contribution is -2.39. The molecule has 118 valence electrons. The van der Waals surface area contributed by atoms with Gasteiger partial charge < -0.3 is 20.5 Å². The quantitative estimate of drug-likeness (QED) is 0.686. The number of hydrogen-bond acceptors (Lipinski definition) is 4. The number of nitrogens with one attached hydrogen (secondary N) is 2. The molecule has 1 unspecified atom stereocenters. The van der Waals surface area contributed by atoms with E-state index in [2.05, 4.69) is 10.6 Å². The van der Waals surface area contributed by atoms with Crippen LogP contribution in [0.25, 0.3) is 0 Å². The molecule has 0 aliphatic carbocycles. The van der Waals surface area contributed by atoms with Gasteiger partial charge in [0.2, 0.25) is 0 Å². The number of carbonyl (C=O) groups excluding carboxylic acids is 1. The van der Waals surface area contributed by atoms with Gasteiger partial charge in [0, 0.05) is 6.54 Å². The Balaban J connectivity index is 1.60. The minimum Gasteiger partial charge on any atom is -0.492 e. The monoisotopic (exact) mass is 320 g/mol. The van der Waals surface area contributed by atoms with Gasteiger partial charge in [0.05, 0.1) is 12.6 Å². The van der Waals surface area contributed by atoms with Crippen molar-refractivity contribution < 1.29 is 14.6 Å². The summed E-state index contributed by atoms with van der Waals surface area (Å²) in [6, 6.07) is 9.27. The first-order valence-electron chi connectivity index (χ1n) is 7.06. The van der Waals surface area contributed by atoms with Gasteiger partial charge in [0.15, 0.2) is 0 Å². The van der Waals surface area contributed by atoms with Crippen LogP contribution in [0.5, 0.6) is 5.75 Å². The van der Waals surface area contributed by atoms with Gasteiger partial charge in [-0.1, -0.05) is 12.1 Å². The maximum atomic E-state index is 11.6. The van der Waals surface area contributed by atoms with E-state index in [1.54, 1.807) is 0 Å². The van der Waals surface area contributed by atoms with E-state index in [-0.39, 0.29) is 12.6 Å². The van der Waals surface area contributed by atoms with E-state index in [9.17, 15) is 9.90 Å². The zero-order chi connectivity index (χ0) is 15.8. The zero-order valence-corrected chi connectivity index (χ0v) is 13.2. The predicted molar refractivity (Wildman–Crippen MR) is 87.4 cm³/mol. The highest BCUT2D eigenvalue weighted by atomic mass is 32.1. The zero-order valence-electron chi connectivity index (χ0n) is 12.4. The summed E-state index contributed by atoms with van der Waals surface area (Å²) < 4.78 is 5.53. The number of urea groups is 1. The molecule has 0 radical (unpaired) electrons. The highest BCUT2D eigenvalue weighted by molar-refractivity contribution is 7.07. The summed E-state index contributed by atoms with van der Waals surface area (Å²) in [5, 5.41) is 18.9. The Hall–Kier alpha value is -2.05. The second-order valence-corrected chi connectivity index (χ2v) is 5.65. The van der Waals surface area contributed by atoms with Gasteiger partial charge in [0.1, 0.15) is 12.4 Å². The van der Waals surface area contributed by atoms with Crippen molar-refractivity contribution in [2.45, 2.75) is 13.0 Å². The molecule has 0 spiro atoms. The van der Waals surface area contributed by atoms with E-state index >= 15 is 0 Å². The third-order valence-corrected chi connectivity index (χ3v) is 3.73. The number of amides is 2. The van der Waals surface area contributed by atoms with Gasteiger partial charge in [-0.25, -0.2) is 4.79 Å². The molecule has 0 saturated heterocycles. The van der Waals surface area contributed by atoms with Crippen LogP contribution in [-0.4, -0.2) is 30.8 Å². The summed E-state index contributed by atoms with van der Waals surface area (Å²) in [6.45, 7) is 2.97. The van der Waals surface area contributed by atoms with Crippen LogP contribution in [0.15, 0.2) is 41.1 Å². The van der Waals surface area contributed by atoms with Crippen LogP contribution < -0.4 is 15.4 Å². The Kier molecular flexibility index (Phi) is 6.24. The molecule has 0 aliphatic rings. The topological polar surface area (TPSA) is 70.6 Å². The highest BCUT2D eigenvalue weighted by Gasteiger charge is 2.09. The molecule has 6 heteroatoms. The van der Waals surface area contributed by atoms with E-state index in [4.69, 9.17) is 4.74 Å². The minimum absolute atomic E-state index is 0.182. The van der Waals surface area contributed by atoms with Gasteiger partial charge >= 0.3 is 6.03 Å². The van der Waals surface area contributed by atoms with E-state index in [1.807, 2.05) is 48.0 Å². The van der Waals surface area contributed by atoms with Gasteiger partial charge in [-0.2, -0.15) is 11.3 Å². The molecule has 2 amide bonds. The molecule has 0 bridgehead atoms. The summed E-state index contributed by atoms with van der Waals surface area (Å²) in [7, 11) is 0. The van der Waals surface area contributed by atoms with Crippen LogP contribution in [0.3, 0.4) is 0 Å². The van der Waals surface area contributed by atoms with Crippen LogP contribution in [0.2, 0.25) is 0 Å². The van der Waals surface area contributed by atoms with Crippen molar-refractivity contribution in [3.05, 3.63) is 52.2 Å². The first kappa shape index (κ1) is 16.3. The Morgan fingerprint density at radius 3 is 2.95 bits per heavy atom. The second kappa shape index (κ2) is 8.41. The summed E-state index contributed by atoms with van der Waals surface area (Å²) in [5.74, 6) is 0.787. The van der Waals surface area contributed by atoms with Crippen LogP contribution in [0, 0.1) is 6.92 Å². The Bertz CT molecular complexity index is 587. The molecule has 0 aliphatic heterocycles. The van der Waals surface area contributed by atoms with Crippen molar-refractivity contribution in [2.75, 3.05) is 19.7 Å². The lowest BCUT2D eigenvalue weighted by Gasteiger charge is -2.12. The Morgan fingerprint density at radius 1 is 1.36 bits per heavy atom. The lowest BCUT2D eigenvalue weighted by molar-refractivity contribution is 0.173. The summed E-state index contributed by atoms with van der Waals surface area (Å²) >= 11 is 1.51. The largest absolute Gasteiger partial charge is 0.492 e. The fourth-order valence-corrected chi connectivity index (χ4v) is 2.58. The van der Waals surface area contributed by atoms with Crippen molar-refractivity contribution in [3.63, 3.8) is 0 Å². The maximum Gasteiger partial charge on any atom is 0.315 e.